The van der Waals surface area contributed by atoms with Crippen molar-refractivity contribution in [3.05, 3.63) is 59.1 Å². The van der Waals surface area contributed by atoms with Crippen molar-refractivity contribution >= 4 is 17.5 Å². The number of hydrogen-bond acceptors (Lipinski definition) is 3. The van der Waals surface area contributed by atoms with Crippen LogP contribution in [0.25, 0.3) is 0 Å². The van der Waals surface area contributed by atoms with E-state index in [0.29, 0.717) is 19.4 Å². The first kappa shape index (κ1) is 19.6. The minimum atomic E-state index is 0.110. The van der Waals surface area contributed by atoms with E-state index in [2.05, 4.69) is 0 Å². The van der Waals surface area contributed by atoms with Gasteiger partial charge in [0.05, 0.1) is 6.61 Å². The minimum Gasteiger partial charge on any atom is -0.490 e. The highest BCUT2D eigenvalue weighted by Gasteiger charge is 2.24. The zero-order valence-electron chi connectivity index (χ0n) is 15.7. The monoisotopic (exact) mass is 387 g/mol. The van der Waals surface area contributed by atoms with Crippen LogP contribution in [0.15, 0.2) is 48.5 Å². The van der Waals surface area contributed by atoms with Crippen LogP contribution < -0.4 is 9.47 Å². The molecule has 0 saturated carbocycles. The molecule has 1 aliphatic rings. The number of benzene rings is 2. The summed E-state index contributed by atoms with van der Waals surface area (Å²) in [5.41, 5.74) is 1.03. The number of carbonyl (C=O) groups excluding carboxylic acids is 1. The molecule has 0 N–H and O–H groups in total. The summed E-state index contributed by atoms with van der Waals surface area (Å²) in [5, 5.41) is 0.727. The second kappa shape index (κ2) is 9.65. The van der Waals surface area contributed by atoms with Gasteiger partial charge in [0.1, 0.15) is 6.10 Å². The molecule has 3 rings (SSSR count). The van der Waals surface area contributed by atoms with Crippen LogP contribution in [0.1, 0.15) is 31.7 Å². The Labute approximate surface area is 166 Å². The standard InChI is InChI=1S/C22H26ClNO3/c1-2-26-20-9-5-6-10-21(20)27-18-13-15-24(16-14-18)22(25)12-11-17-7-3-4-8-19(17)23/h3-10,18H,2,11-16H2,1H3. The molecule has 2 aromatic carbocycles. The van der Waals surface area contributed by atoms with Gasteiger partial charge in [-0.1, -0.05) is 41.9 Å². The van der Waals surface area contributed by atoms with Crippen LogP contribution in [0.2, 0.25) is 5.02 Å². The molecule has 2 aromatic rings. The molecule has 27 heavy (non-hydrogen) atoms. The van der Waals surface area contributed by atoms with Gasteiger partial charge in [0.2, 0.25) is 5.91 Å². The molecule has 1 fully saturated rings. The lowest BCUT2D eigenvalue weighted by molar-refractivity contribution is -0.132. The van der Waals surface area contributed by atoms with Crippen molar-refractivity contribution in [2.45, 2.75) is 38.7 Å². The lowest BCUT2D eigenvalue weighted by Crippen LogP contribution is -2.41. The van der Waals surface area contributed by atoms with E-state index in [4.69, 9.17) is 21.1 Å². The summed E-state index contributed by atoms with van der Waals surface area (Å²) in [6.45, 7) is 4.02. The number of amides is 1. The molecule has 4 nitrogen and oxygen atoms in total. The first-order chi connectivity index (χ1) is 13.2. The summed E-state index contributed by atoms with van der Waals surface area (Å²) >= 11 is 6.17. The fourth-order valence-corrected chi connectivity index (χ4v) is 3.56. The molecule has 1 amide bonds. The van der Waals surface area contributed by atoms with Crippen molar-refractivity contribution in [1.82, 2.24) is 4.90 Å². The maximum Gasteiger partial charge on any atom is 0.222 e. The van der Waals surface area contributed by atoms with Gasteiger partial charge in [-0.3, -0.25) is 4.79 Å². The Morgan fingerprint density at radius 3 is 2.44 bits per heavy atom. The number of halogens is 1. The fourth-order valence-electron chi connectivity index (χ4n) is 3.33. The average molecular weight is 388 g/mol. The van der Waals surface area contributed by atoms with Gasteiger partial charge in [-0.25, -0.2) is 0 Å². The number of para-hydroxylation sites is 2. The number of hydrogen-bond donors (Lipinski definition) is 0. The summed E-state index contributed by atoms with van der Waals surface area (Å²) < 4.78 is 11.8. The number of nitrogens with zero attached hydrogens (tertiary/aromatic N) is 1. The van der Waals surface area contributed by atoms with E-state index in [1.165, 1.54) is 0 Å². The number of aryl methyl sites for hydroxylation is 1. The van der Waals surface area contributed by atoms with E-state index in [0.717, 1.165) is 48.0 Å². The van der Waals surface area contributed by atoms with Gasteiger partial charge in [-0.2, -0.15) is 0 Å². The molecule has 1 saturated heterocycles. The Balaban J connectivity index is 1.47. The number of rotatable bonds is 7. The third-order valence-electron chi connectivity index (χ3n) is 4.80. The van der Waals surface area contributed by atoms with Gasteiger partial charge in [0.15, 0.2) is 11.5 Å². The minimum absolute atomic E-state index is 0.110. The van der Waals surface area contributed by atoms with Gasteiger partial charge in [0.25, 0.3) is 0 Å². The van der Waals surface area contributed by atoms with Crippen molar-refractivity contribution in [1.29, 1.82) is 0 Å². The average Bonchev–Trinajstić information content (AvgIpc) is 2.69. The smallest absolute Gasteiger partial charge is 0.222 e. The molecular weight excluding hydrogens is 362 g/mol. The summed E-state index contributed by atoms with van der Waals surface area (Å²) in [4.78, 5) is 14.4. The first-order valence-electron chi connectivity index (χ1n) is 9.57. The number of carbonyl (C=O) groups is 1. The van der Waals surface area contributed by atoms with Crippen molar-refractivity contribution in [2.75, 3.05) is 19.7 Å². The number of piperidine rings is 1. The predicted molar refractivity (Wildman–Crippen MR) is 108 cm³/mol. The molecule has 1 heterocycles. The highest BCUT2D eigenvalue weighted by Crippen LogP contribution is 2.29. The summed E-state index contributed by atoms with van der Waals surface area (Å²) in [6.07, 6.45) is 2.94. The van der Waals surface area contributed by atoms with E-state index in [1.54, 1.807) is 0 Å². The molecule has 0 unspecified atom stereocenters. The van der Waals surface area contributed by atoms with Gasteiger partial charge in [0, 0.05) is 37.4 Å². The van der Waals surface area contributed by atoms with Gasteiger partial charge in [-0.05, 0) is 37.1 Å². The normalized spacial score (nSPS) is 14.8. The molecule has 0 radical (unpaired) electrons. The second-order valence-electron chi connectivity index (χ2n) is 6.67. The van der Waals surface area contributed by atoms with Crippen molar-refractivity contribution in [3.8, 4) is 11.5 Å². The Hall–Kier alpha value is -2.20. The largest absolute Gasteiger partial charge is 0.490 e. The topological polar surface area (TPSA) is 38.8 Å². The summed E-state index contributed by atoms with van der Waals surface area (Å²) in [7, 11) is 0. The molecule has 0 atom stereocenters. The molecule has 1 aliphatic heterocycles. The van der Waals surface area contributed by atoms with Crippen LogP contribution in [0, 0.1) is 0 Å². The zero-order chi connectivity index (χ0) is 19.1. The Morgan fingerprint density at radius 1 is 1.07 bits per heavy atom. The first-order valence-corrected chi connectivity index (χ1v) is 9.95. The lowest BCUT2D eigenvalue weighted by atomic mass is 10.1. The molecule has 0 bridgehead atoms. The SMILES string of the molecule is CCOc1ccccc1OC1CCN(C(=O)CCc2ccccc2Cl)CC1. The van der Waals surface area contributed by atoms with Crippen LogP contribution in [0.5, 0.6) is 11.5 Å². The molecule has 144 valence electrons. The molecular formula is C22H26ClNO3. The molecule has 0 aliphatic carbocycles. The molecule has 0 spiro atoms. The van der Waals surface area contributed by atoms with Crippen molar-refractivity contribution in [2.24, 2.45) is 0 Å². The highest BCUT2D eigenvalue weighted by atomic mass is 35.5. The van der Waals surface area contributed by atoms with Crippen LogP contribution in [-0.2, 0) is 11.2 Å². The maximum absolute atomic E-state index is 12.5. The Kier molecular flexibility index (Phi) is 6.99. The van der Waals surface area contributed by atoms with Gasteiger partial charge >= 0.3 is 0 Å². The van der Waals surface area contributed by atoms with Gasteiger partial charge < -0.3 is 14.4 Å². The van der Waals surface area contributed by atoms with Crippen LogP contribution >= 0.6 is 11.6 Å². The lowest BCUT2D eigenvalue weighted by Gasteiger charge is -2.32. The quantitative estimate of drug-likeness (QED) is 0.688. The van der Waals surface area contributed by atoms with E-state index < -0.39 is 0 Å². The molecule has 5 heteroatoms. The van der Waals surface area contributed by atoms with E-state index in [-0.39, 0.29) is 12.0 Å². The van der Waals surface area contributed by atoms with E-state index in [1.807, 2.05) is 60.4 Å². The van der Waals surface area contributed by atoms with Crippen molar-refractivity contribution in [3.63, 3.8) is 0 Å². The maximum atomic E-state index is 12.5. The van der Waals surface area contributed by atoms with E-state index in [9.17, 15) is 4.79 Å². The Morgan fingerprint density at radius 2 is 1.74 bits per heavy atom. The van der Waals surface area contributed by atoms with Crippen LogP contribution in [-0.4, -0.2) is 36.6 Å². The third-order valence-corrected chi connectivity index (χ3v) is 5.17. The summed E-state index contributed by atoms with van der Waals surface area (Å²) in [5.74, 6) is 1.74. The second-order valence-corrected chi connectivity index (χ2v) is 7.08. The van der Waals surface area contributed by atoms with Crippen LogP contribution in [0.4, 0.5) is 0 Å². The number of ether oxygens (including phenoxy) is 2. The summed E-state index contributed by atoms with van der Waals surface area (Å²) in [6, 6.07) is 15.5. The number of likely N-dealkylation sites (tertiary alicyclic amines) is 1. The predicted octanol–water partition coefficient (Wildman–Crippen LogP) is 4.74. The highest BCUT2D eigenvalue weighted by molar-refractivity contribution is 6.31. The Bertz CT molecular complexity index is 757. The van der Waals surface area contributed by atoms with Crippen LogP contribution in [0.3, 0.4) is 0 Å². The molecule has 0 aromatic heterocycles. The fraction of sp³-hybridized carbons (Fsp3) is 0.409. The van der Waals surface area contributed by atoms with Gasteiger partial charge in [-0.15, -0.1) is 0 Å². The third kappa shape index (κ3) is 5.39. The zero-order valence-corrected chi connectivity index (χ0v) is 16.5. The van der Waals surface area contributed by atoms with E-state index >= 15 is 0 Å². The van der Waals surface area contributed by atoms with Crippen molar-refractivity contribution < 1.29 is 14.3 Å².